The molecule has 15 heavy (non-hydrogen) atoms. The molecule has 1 aromatic heterocycles. The zero-order valence-corrected chi connectivity index (χ0v) is 10.8. The van der Waals surface area contributed by atoms with Gasteiger partial charge in [0, 0.05) is 16.0 Å². The van der Waals surface area contributed by atoms with Gasteiger partial charge in [0.1, 0.15) is 6.29 Å². The Morgan fingerprint density at radius 1 is 1.67 bits per heavy atom. The molecule has 1 aliphatic rings. The molecular weight excluding hydrogens is 276 g/mol. The van der Waals surface area contributed by atoms with Crippen molar-refractivity contribution in [2.75, 3.05) is 13.2 Å². The molecule has 0 N–H and O–H groups in total. The highest BCUT2D eigenvalue weighted by Gasteiger charge is 2.33. The molecule has 4 heteroatoms. The molecule has 2 rings (SSSR count). The minimum absolute atomic E-state index is 0.286. The summed E-state index contributed by atoms with van der Waals surface area (Å²) in [5.74, 6) is 0. The van der Waals surface area contributed by atoms with Crippen LogP contribution in [0.5, 0.6) is 0 Å². The second kappa shape index (κ2) is 4.76. The van der Waals surface area contributed by atoms with Crippen LogP contribution in [0.4, 0.5) is 0 Å². The van der Waals surface area contributed by atoms with E-state index >= 15 is 0 Å². The summed E-state index contributed by atoms with van der Waals surface area (Å²) in [5, 5.41) is 2.04. The fraction of sp³-hybridized carbons (Fsp3) is 0.545. The molecule has 1 atom stereocenters. The first kappa shape index (κ1) is 11.3. The van der Waals surface area contributed by atoms with E-state index in [-0.39, 0.29) is 5.41 Å². The van der Waals surface area contributed by atoms with Crippen molar-refractivity contribution in [1.29, 1.82) is 0 Å². The van der Waals surface area contributed by atoms with Gasteiger partial charge in [0.25, 0.3) is 0 Å². The molecule has 0 amide bonds. The third-order valence-electron chi connectivity index (χ3n) is 2.81. The highest BCUT2D eigenvalue weighted by atomic mass is 79.9. The van der Waals surface area contributed by atoms with Crippen molar-refractivity contribution in [2.45, 2.75) is 19.3 Å². The van der Waals surface area contributed by atoms with Gasteiger partial charge in [-0.15, -0.1) is 11.3 Å². The quantitative estimate of drug-likeness (QED) is 0.799. The van der Waals surface area contributed by atoms with Crippen LogP contribution in [0.3, 0.4) is 0 Å². The molecule has 0 aliphatic carbocycles. The van der Waals surface area contributed by atoms with Crippen LogP contribution in [0.15, 0.2) is 15.9 Å². The smallest absolute Gasteiger partial charge is 0.128 e. The Labute approximate surface area is 102 Å². The molecule has 1 saturated heterocycles. The maximum absolute atomic E-state index is 11.2. The van der Waals surface area contributed by atoms with E-state index in [2.05, 4.69) is 15.9 Å². The number of halogens is 1. The lowest BCUT2D eigenvalue weighted by molar-refractivity contribution is -0.123. The lowest BCUT2D eigenvalue weighted by atomic mass is 9.80. The molecule has 1 fully saturated rings. The Bertz CT molecular complexity index is 342. The Balaban J connectivity index is 2.13. The summed E-state index contributed by atoms with van der Waals surface area (Å²) in [5.41, 5.74) is -0.286. The van der Waals surface area contributed by atoms with Gasteiger partial charge in [-0.1, -0.05) is 0 Å². The second-order valence-electron chi connectivity index (χ2n) is 4.00. The highest BCUT2D eigenvalue weighted by Crippen LogP contribution is 2.35. The normalized spacial score (nSPS) is 26.5. The number of ether oxygens (including phenoxy) is 1. The molecule has 0 saturated carbocycles. The van der Waals surface area contributed by atoms with Gasteiger partial charge in [-0.3, -0.25) is 0 Å². The number of hydrogen-bond donors (Lipinski definition) is 0. The van der Waals surface area contributed by atoms with Crippen LogP contribution in [-0.4, -0.2) is 19.5 Å². The average Bonchev–Trinajstić information content (AvgIpc) is 2.66. The maximum Gasteiger partial charge on any atom is 0.128 e. The predicted octanol–water partition coefficient (Wildman–Crippen LogP) is 3.05. The Morgan fingerprint density at radius 3 is 3.07 bits per heavy atom. The van der Waals surface area contributed by atoms with E-state index < -0.39 is 0 Å². The van der Waals surface area contributed by atoms with Crippen LogP contribution in [0.2, 0.25) is 0 Å². The molecular formula is C11H13BrO2S. The third-order valence-corrected chi connectivity index (χ3v) is 4.73. The molecule has 2 nitrogen and oxygen atoms in total. The van der Waals surface area contributed by atoms with Gasteiger partial charge in [0.2, 0.25) is 0 Å². The van der Waals surface area contributed by atoms with Crippen molar-refractivity contribution >= 4 is 33.6 Å². The van der Waals surface area contributed by atoms with E-state index in [1.54, 1.807) is 11.3 Å². The van der Waals surface area contributed by atoms with Gasteiger partial charge in [0.05, 0.1) is 12.0 Å². The summed E-state index contributed by atoms with van der Waals surface area (Å²) >= 11 is 5.20. The van der Waals surface area contributed by atoms with Crippen LogP contribution in [0.25, 0.3) is 0 Å². The lowest BCUT2D eigenvalue weighted by Gasteiger charge is -2.31. The number of hydrogen-bond acceptors (Lipinski definition) is 3. The Morgan fingerprint density at radius 2 is 2.53 bits per heavy atom. The maximum atomic E-state index is 11.2. The average molecular weight is 289 g/mol. The SMILES string of the molecule is O=CC1(Cc2sccc2Br)CCCOC1. The number of carbonyl (C=O) groups is 1. The number of carbonyl (C=O) groups excluding carboxylic acids is 1. The van der Waals surface area contributed by atoms with Crippen molar-refractivity contribution in [3.05, 3.63) is 20.8 Å². The number of thiophene rings is 1. The van der Waals surface area contributed by atoms with Crippen molar-refractivity contribution in [3.63, 3.8) is 0 Å². The summed E-state index contributed by atoms with van der Waals surface area (Å²) in [6.45, 7) is 1.36. The van der Waals surface area contributed by atoms with Gasteiger partial charge < -0.3 is 9.53 Å². The van der Waals surface area contributed by atoms with E-state index in [9.17, 15) is 4.79 Å². The van der Waals surface area contributed by atoms with Crippen LogP contribution in [0.1, 0.15) is 17.7 Å². The summed E-state index contributed by atoms with van der Waals surface area (Å²) < 4.78 is 6.53. The number of rotatable bonds is 3. The topological polar surface area (TPSA) is 26.3 Å². The summed E-state index contributed by atoms with van der Waals surface area (Å²) in [7, 11) is 0. The van der Waals surface area contributed by atoms with E-state index in [1.165, 1.54) is 4.88 Å². The highest BCUT2D eigenvalue weighted by molar-refractivity contribution is 9.10. The Kier molecular flexibility index (Phi) is 3.59. The predicted molar refractivity (Wildman–Crippen MR) is 64.3 cm³/mol. The van der Waals surface area contributed by atoms with Gasteiger partial charge in [-0.2, -0.15) is 0 Å². The largest absolute Gasteiger partial charge is 0.380 e. The molecule has 0 radical (unpaired) electrons. The van der Waals surface area contributed by atoms with Crippen molar-refractivity contribution in [3.8, 4) is 0 Å². The summed E-state index contributed by atoms with van der Waals surface area (Å²) in [6.07, 6.45) is 3.82. The molecule has 0 aromatic carbocycles. The first-order valence-electron chi connectivity index (χ1n) is 5.02. The van der Waals surface area contributed by atoms with Crippen molar-refractivity contribution in [2.24, 2.45) is 5.41 Å². The monoisotopic (exact) mass is 288 g/mol. The van der Waals surface area contributed by atoms with Gasteiger partial charge in [-0.25, -0.2) is 0 Å². The molecule has 1 unspecified atom stereocenters. The molecule has 0 spiro atoms. The first-order chi connectivity index (χ1) is 7.26. The lowest BCUT2D eigenvalue weighted by Crippen LogP contribution is -2.35. The van der Waals surface area contributed by atoms with Gasteiger partial charge in [-0.05, 0) is 46.6 Å². The minimum atomic E-state index is -0.286. The standard InChI is InChI=1S/C11H13BrO2S/c12-9-2-5-15-10(9)6-11(7-13)3-1-4-14-8-11/h2,5,7H,1,3-4,6,8H2. The molecule has 0 bridgehead atoms. The van der Waals surface area contributed by atoms with Gasteiger partial charge >= 0.3 is 0 Å². The zero-order chi connectivity index (χ0) is 10.7. The van der Waals surface area contributed by atoms with E-state index in [1.807, 2.05) is 11.4 Å². The second-order valence-corrected chi connectivity index (χ2v) is 5.86. The first-order valence-corrected chi connectivity index (χ1v) is 6.69. The zero-order valence-electron chi connectivity index (χ0n) is 8.37. The van der Waals surface area contributed by atoms with E-state index in [0.29, 0.717) is 6.61 Å². The molecule has 82 valence electrons. The summed E-state index contributed by atoms with van der Waals surface area (Å²) in [6, 6.07) is 2.03. The molecule has 1 aromatic rings. The minimum Gasteiger partial charge on any atom is -0.380 e. The fourth-order valence-corrected chi connectivity index (χ4v) is 3.57. The van der Waals surface area contributed by atoms with E-state index in [0.717, 1.165) is 36.6 Å². The Hall–Kier alpha value is -0.190. The fourth-order valence-electron chi connectivity index (χ4n) is 1.92. The van der Waals surface area contributed by atoms with Gasteiger partial charge in [0.15, 0.2) is 0 Å². The number of aldehydes is 1. The van der Waals surface area contributed by atoms with Crippen molar-refractivity contribution in [1.82, 2.24) is 0 Å². The van der Waals surface area contributed by atoms with Crippen LogP contribution >= 0.6 is 27.3 Å². The third kappa shape index (κ3) is 2.49. The summed E-state index contributed by atoms with van der Waals surface area (Å²) in [4.78, 5) is 12.5. The van der Waals surface area contributed by atoms with Crippen LogP contribution in [0, 0.1) is 5.41 Å². The van der Waals surface area contributed by atoms with Crippen LogP contribution < -0.4 is 0 Å². The van der Waals surface area contributed by atoms with E-state index in [4.69, 9.17) is 4.74 Å². The molecule has 1 aliphatic heterocycles. The van der Waals surface area contributed by atoms with Crippen molar-refractivity contribution < 1.29 is 9.53 Å². The molecule has 2 heterocycles. The van der Waals surface area contributed by atoms with Crippen LogP contribution in [-0.2, 0) is 16.0 Å².